The molecule has 0 aromatic heterocycles. The number of hydrogen-bond donors (Lipinski definition) is 1. The summed E-state index contributed by atoms with van der Waals surface area (Å²) < 4.78 is 0. The molecule has 2 nitrogen and oxygen atoms in total. The van der Waals surface area contributed by atoms with Crippen LogP contribution >= 0.6 is 0 Å². The van der Waals surface area contributed by atoms with E-state index in [1.165, 1.54) is 5.57 Å². The number of carbonyl (C=O) groups excluding carboxylic acids is 1. The van der Waals surface area contributed by atoms with Gasteiger partial charge in [-0.3, -0.25) is 4.79 Å². The van der Waals surface area contributed by atoms with Crippen LogP contribution in [0.4, 0.5) is 5.69 Å². The van der Waals surface area contributed by atoms with E-state index in [0.29, 0.717) is 5.92 Å². The Balaban J connectivity index is 2.05. The summed E-state index contributed by atoms with van der Waals surface area (Å²) in [5, 5.41) is 2.99. The summed E-state index contributed by atoms with van der Waals surface area (Å²) in [5.74, 6) is 0.590. The average Bonchev–Trinajstić information content (AvgIpc) is 2.80. The van der Waals surface area contributed by atoms with Crippen LogP contribution in [-0.4, -0.2) is 5.91 Å². The molecule has 18 heavy (non-hydrogen) atoms. The molecule has 0 heterocycles. The fourth-order valence-corrected chi connectivity index (χ4v) is 2.59. The Hall–Kier alpha value is -1.57. The van der Waals surface area contributed by atoms with Gasteiger partial charge in [0.1, 0.15) is 0 Å². The van der Waals surface area contributed by atoms with Gasteiger partial charge < -0.3 is 5.32 Å². The maximum absolute atomic E-state index is 12.2. The van der Waals surface area contributed by atoms with Crippen molar-refractivity contribution in [3.05, 3.63) is 42.0 Å². The number of carbonyl (C=O) groups is 1. The maximum atomic E-state index is 12.2. The van der Waals surface area contributed by atoms with Crippen LogP contribution in [0.3, 0.4) is 0 Å². The van der Waals surface area contributed by atoms with Gasteiger partial charge in [0, 0.05) is 5.69 Å². The fraction of sp³-hybridized carbons (Fsp3) is 0.438. The van der Waals surface area contributed by atoms with Gasteiger partial charge in [0.05, 0.1) is 5.92 Å². The van der Waals surface area contributed by atoms with E-state index in [2.05, 4.69) is 39.1 Å². The van der Waals surface area contributed by atoms with Crippen molar-refractivity contribution < 1.29 is 4.79 Å². The van der Waals surface area contributed by atoms with Crippen molar-refractivity contribution in [1.82, 2.24) is 0 Å². The molecule has 1 aliphatic rings. The molecule has 1 saturated carbocycles. The van der Waals surface area contributed by atoms with Gasteiger partial charge in [-0.25, -0.2) is 0 Å². The zero-order valence-corrected chi connectivity index (χ0v) is 11.5. The number of allylic oxidation sites excluding steroid dienone is 2. The summed E-state index contributed by atoms with van der Waals surface area (Å²) in [7, 11) is 0. The largest absolute Gasteiger partial charge is 0.326 e. The predicted molar refractivity (Wildman–Crippen MR) is 75.3 cm³/mol. The first-order valence-corrected chi connectivity index (χ1v) is 6.44. The summed E-state index contributed by atoms with van der Waals surface area (Å²) in [6, 6.07) is 9.65. The van der Waals surface area contributed by atoms with Gasteiger partial charge in [-0.2, -0.15) is 0 Å². The summed E-state index contributed by atoms with van der Waals surface area (Å²) in [6.07, 6.45) is 2.22. The average molecular weight is 243 g/mol. The minimum absolute atomic E-state index is 0.0795. The zero-order valence-electron chi connectivity index (χ0n) is 11.5. The molecule has 0 spiro atoms. The highest BCUT2D eigenvalue weighted by molar-refractivity contribution is 5.95. The van der Waals surface area contributed by atoms with Gasteiger partial charge in [0.2, 0.25) is 5.91 Å². The van der Waals surface area contributed by atoms with Gasteiger partial charge in [-0.15, -0.1) is 0 Å². The van der Waals surface area contributed by atoms with Crippen molar-refractivity contribution in [2.24, 2.45) is 17.3 Å². The molecule has 0 saturated heterocycles. The van der Waals surface area contributed by atoms with Crippen LogP contribution in [0.25, 0.3) is 0 Å². The van der Waals surface area contributed by atoms with Crippen molar-refractivity contribution in [2.45, 2.75) is 27.7 Å². The predicted octanol–water partition coefficient (Wildman–Crippen LogP) is 3.86. The number of anilines is 1. The molecule has 0 bridgehead atoms. The van der Waals surface area contributed by atoms with E-state index in [0.717, 1.165) is 5.69 Å². The number of rotatable bonds is 3. The molecule has 1 aromatic carbocycles. The van der Waals surface area contributed by atoms with E-state index < -0.39 is 0 Å². The third kappa shape index (κ3) is 2.47. The van der Waals surface area contributed by atoms with Crippen LogP contribution in [-0.2, 0) is 4.79 Å². The first-order chi connectivity index (χ1) is 8.43. The molecular formula is C16H21NO. The molecule has 1 aromatic rings. The standard InChI is InChI=1S/C16H21NO/c1-11(2)10-13-14(16(13,3)4)15(18)17-12-8-6-5-7-9-12/h5-10,13-14H,1-4H3,(H,17,18)/t13-,14+/m1/s1. The molecule has 2 rings (SSSR count). The molecule has 0 radical (unpaired) electrons. The van der Waals surface area contributed by atoms with Crippen molar-refractivity contribution in [1.29, 1.82) is 0 Å². The minimum Gasteiger partial charge on any atom is -0.326 e. The van der Waals surface area contributed by atoms with Gasteiger partial charge >= 0.3 is 0 Å². The van der Waals surface area contributed by atoms with Crippen LogP contribution < -0.4 is 5.32 Å². The smallest absolute Gasteiger partial charge is 0.228 e. The Morgan fingerprint density at radius 1 is 1.22 bits per heavy atom. The second-order valence-electron chi connectivity index (χ2n) is 5.92. The zero-order chi connectivity index (χ0) is 13.3. The minimum atomic E-state index is 0.0795. The molecule has 1 N–H and O–H groups in total. The lowest BCUT2D eigenvalue weighted by Gasteiger charge is -2.05. The third-order valence-electron chi connectivity index (χ3n) is 3.75. The highest BCUT2D eigenvalue weighted by Gasteiger charge is 2.60. The Bertz CT molecular complexity index is 469. The lowest BCUT2D eigenvalue weighted by Crippen LogP contribution is -2.16. The van der Waals surface area contributed by atoms with Crippen molar-refractivity contribution in [3.8, 4) is 0 Å². The van der Waals surface area contributed by atoms with Crippen molar-refractivity contribution >= 4 is 11.6 Å². The molecular weight excluding hydrogens is 222 g/mol. The van der Waals surface area contributed by atoms with E-state index in [9.17, 15) is 4.79 Å². The summed E-state index contributed by atoms with van der Waals surface area (Å²) >= 11 is 0. The molecule has 2 atom stereocenters. The second kappa shape index (κ2) is 4.60. The summed E-state index contributed by atoms with van der Waals surface area (Å²) in [4.78, 5) is 12.2. The normalized spacial score (nSPS) is 24.2. The Labute approximate surface area is 109 Å². The molecule has 0 unspecified atom stereocenters. The topological polar surface area (TPSA) is 29.1 Å². The van der Waals surface area contributed by atoms with E-state index >= 15 is 0 Å². The van der Waals surface area contributed by atoms with E-state index in [1.807, 2.05) is 30.3 Å². The maximum Gasteiger partial charge on any atom is 0.228 e. The van der Waals surface area contributed by atoms with Gasteiger partial charge in [0.25, 0.3) is 0 Å². The van der Waals surface area contributed by atoms with Gasteiger partial charge in [0.15, 0.2) is 0 Å². The Kier molecular flexibility index (Phi) is 3.29. The number of benzene rings is 1. The van der Waals surface area contributed by atoms with Crippen molar-refractivity contribution in [2.75, 3.05) is 5.32 Å². The third-order valence-corrected chi connectivity index (χ3v) is 3.75. The highest BCUT2D eigenvalue weighted by Crippen LogP contribution is 2.59. The van der Waals surface area contributed by atoms with Crippen molar-refractivity contribution in [3.63, 3.8) is 0 Å². The first-order valence-electron chi connectivity index (χ1n) is 6.44. The second-order valence-corrected chi connectivity index (χ2v) is 5.92. The first kappa shape index (κ1) is 12.9. The molecule has 96 valence electrons. The van der Waals surface area contributed by atoms with Gasteiger partial charge in [-0.05, 0) is 37.3 Å². The molecule has 1 fully saturated rings. The van der Waals surface area contributed by atoms with Gasteiger partial charge in [-0.1, -0.05) is 43.7 Å². The monoisotopic (exact) mass is 243 g/mol. The quantitative estimate of drug-likeness (QED) is 0.802. The number of para-hydroxylation sites is 1. The van der Waals surface area contributed by atoms with Crippen LogP contribution in [0.1, 0.15) is 27.7 Å². The fourth-order valence-electron chi connectivity index (χ4n) is 2.59. The van der Waals surface area contributed by atoms with E-state index in [4.69, 9.17) is 0 Å². The Morgan fingerprint density at radius 2 is 1.83 bits per heavy atom. The van der Waals surface area contributed by atoms with Crippen LogP contribution in [0.2, 0.25) is 0 Å². The summed E-state index contributed by atoms with van der Waals surface area (Å²) in [6.45, 7) is 8.49. The van der Waals surface area contributed by atoms with Crippen LogP contribution in [0.5, 0.6) is 0 Å². The molecule has 2 heteroatoms. The Morgan fingerprint density at radius 3 is 2.39 bits per heavy atom. The number of amides is 1. The summed E-state index contributed by atoms with van der Waals surface area (Å²) in [5.41, 5.74) is 2.24. The molecule has 1 amide bonds. The lowest BCUT2D eigenvalue weighted by atomic mass is 10.1. The van der Waals surface area contributed by atoms with E-state index in [1.54, 1.807) is 0 Å². The number of hydrogen-bond acceptors (Lipinski definition) is 1. The SMILES string of the molecule is CC(C)=C[C@@H]1[C@@H](C(=O)Nc2ccccc2)C1(C)C. The lowest BCUT2D eigenvalue weighted by molar-refractivity contribution is -0.118. The molecule has 1 aliphatic carbocycles. The highest BCUT2D eigenvalue weighted by atomic mass is 16.2. The van der Waals surface area contributed by atoms with E-state index in [-0.39, 0.29) is 17.2 Å². The van der Waals surface area contributed by atoms with Crippen LogP contribution in [0.15, 0.2) is 42.0 Å². The van der Waals surface area contributed by atoms with Crippen LogP contribution in [0, 0.1) is 17.3 Å². The number of nitrogens with one attached hydrogen (secondary N) is 1. The molecule has 0 aliphatic heterocycles.